The van der Waals surface area contributed by atoms with Gasteiger partial charge in [-0.1, -0.05) is 0 Å². The Labute approximate surface area is 114 Å². The maximum atomic E-state index is 12.0. The van der Waals surface area contributed by atoms with Gasteiger partial charge in [0.25, 0.3) is 0 Å². The van der Waals surface area contributed by atoms with E-state index in [0.717, 1.165) is 5.56 Å². The molecular weight excluding hydrogens is 240 g/mol. The van der Waals surface area contributed by atoms with Crippen LogP contribution in [-0.2, 0) is 4.79 Å². The highest BCUT2D eigenvalue weighted by Gasteiger charge is 2.20. The highest BCUT2D eigenvalue weighted by atomic mass is 16.2. The second-order valence-electron chi connectivity index (χ2n) is 5.57. The van der Waals surface area contributed by atoms with Crippen LogP contribution >= 0.6 is 0 Å². The van der Waals surface area contributed by atoms with Crippen molar-refractivity contribution in [3.8, 4) is 6.07 Å². The third-order valence-electron chi connectivity index (χ3n) is 2.52. The minimum Gasteiger partial charge on any atom is -0.358 e. The second-order valence-corrected chi connectivity index (χ2v) is 5.57. The number of nitrogens with zero attached hydrogens (tertiary/aromatic N) is 2. The molecule has 0 bridgehead atoms. The monoisotopic (exact) mass is 260 g/mol. The van der Waals surface area contributed by atoms with Gasteiger partial charge in [-0.05, 0) is 46.2 Å². The number of aryl methyl sites for hydroxylation is 1. The largest absolute Gasteiger partial charge is 0.358 e. The quantitative estimate of drug-likeness (QED) is 0.871. The van der Waals surface area contributed by atoms with Crippen LogP contribution in [0.15, 0.2) is 12.3 Å². The van der Waals surface area contributed by atoms with E-state index < -0.39 is 6.04 Å². The molecule has 0 saturated heterocycles. The van der Waals surface area contributed by atoms with Crippen LogP contribution in [-0.4, -0.2) is 22.5 Å². The molecule has 2 N–H and O–H groups in total. The number of rotatable bonds is 3. The lowest BCUT2D eigenvalue weighted by atomic mass is 10.1. The van der Waals surface area contributed by atoms with Crippen LogP contribution in [0, 0.1) is 18.3 Å². The molecule has 102 valence electrons. The highest BCUT2D eigenvalue weighted by molar-refractivity contribution is 5.84. The van der Waals surface area contributed by atoms with E-state index in [2.05, 4.69) is 21.7 Å². The zero-order valence-electron chi connectivity index (χ0n) is 12.0. The lowest BCUT2D eigenvalue weighted by Gasteiger charge is -2.24. The summed E-state index contributed by atoms with van der Waals surface area (Å²) in [5.41, 5.74) is 1.02. The molecule has 1 atom stereocenters. The van der Waals surface area contributed by atoms with Crippen LogP contribution in [0.1, 0.15) is 38.8 Å². The first kappa shape index (κ1) is 15.0. The molecule has 0 aromatic carbocycles. The minimum absolute atomic E-state index is 0.125. The van der Waals surface area contributed by atoms with Gasteiger partial charge in [0.1, 0.15) is 17.9 Å². The fraction of sp³-hybridized carbons (Fsp3) is 0.500. The minimum atomic E-state index is -0.458. The predicted octanol–water partition coefficient (Wildman–Crippen LogP) is 1.98. The number of nitrogens with one attached hydrogen (secondary N) is 2. The van der Waals surface area contributed by atoms with Crippen molar-refractivity contribution in [1.82, 2.24) is 10.3 Å². The standard InChI is InChI=1S/C14H20N4O/c1-9-6-7-16-12(11(9)8-15)17-10(2)13(19)18-14(3,4)5/h6-7,10H,1-5H3,(H,16,17)(H,18,19). The fourth-order valence-electron chi connectivity index (χ4n) is 1.56. The summed E-state index contributed by atoms with van der Waals surface area (Å²) in [5, 5.41) is 15.0. The molecule has 0 saturated carbocycles. The zero-order valence-corrected chi connectivity index (χ0v) is 12.0. The van der Waals surface area contributed by atoms with Crippen molar-refractivity contribution in [2.45, 2.75) is 46.2 Å². The van der Waals surface area contributed by atoms with E-state index in [1.54, 1.807) is 19.2 Å². The number of carbonyl (C=O) groups excluding carboxylic acids is 1. The number of nitriles is 1. The first-order valence-corrected chi connectivity index (χ1v) is 6.19. The van der Waals surface area contributed by atoms with Crippen LogP contribution < -0.4 is 10.6 Å². The van der Waals surface area contributed by atoms with E-state index in [0.29, 0.717) is 11.4 Å². The number of hydrogen-bond donors (Lipinski definition) is 2. The first-order valence-electron chi connectivity index (χ1n) is 6.19. The Bertz CT molecular complexity index is 511. The number of hydrogen-bond acceptors (Lipinski definition) is 4. The van der Waals surface area contributed by atoms with Gasteiger partial charge < -0.3 is 10.6 Å². The molecule has 1 heterocycles. The van der Waals surface area contributed by atoms with Gasteiger partial charge in [-0.25, -0.2) is 4.98 Å². The van der Waals surface area contributed by atoms with Gasteiger partial charge in [0.05, 0.1) is 5.56 Å². The Morgan fingerprint density at radius 2 is 2.11 bits per heavy atom. The molecule has 1 aromatic heterocycles. The van der Waals surface area contributed by atoms with E-state index in [-0.39, 0.29) is 11.4 Å². The third kappa shape index (κ3) is 4.25. The summed E-state index contributed by atoms with van der Waals surface area (Å²) in [5.74, 6) is 0.318. The van der Waals surface area contributed by atoms with Crippen molar-refractivity contribution in [3.63, 3.8) is 0 Å². The molecule has 5 nitrogen and oxygen atoms in total. The molecule has 1 unspecified atom stereocenters. The Morgan fingerprint density at radius 1 is 1.47 bits per heavy atom. The van der Waals surface area contributed by atoms with Crippen LogP contribution in [0.25, 0.3) is 0 Å². The smallest absolute Gasteiger partial charge is 0.242 e. The van der Waals surface area contributed by atoms with E-state index in [1.807, 2.05) is 27.7 Å². The Hall–Kier alpha value is -2.09. The zero-order chi connectivity index (χ0) is 14.6. The summed E-state index contributed by atoms with van der Waals surface area (Å²) in [6.45, 7) is 9.34. The number of aromatic nitrogens is 1. The Kier molecular flexibility index (Phi) is 4.49. The summed E-state index contributed by atoms with van der Waals surface area (Å²) in [7, 11) is 0. The molecule has 1 amide bonds. The summed E-state index contributed by atoms with van der Waals surface area (Å²) in [6.07, 6.45) is 1.62. The lowest BCUT2D eigenvalue weighted by molar-refractivity contribution is -0.122. The lowest BCUT2D eigenvalue weighted by Crippen LogP contribution is -2.47. The van der Waals surface area contributed by atoms with Crippen molar-refractivity contribution >= 4 is 11.7 Å². The van der Waals surface area contributed by atoms with Gasteiger partial charge in [-0.15, -0.1) is 0 Å². The van der Waals surface area contributed by atoms with Crippen LogP contribution in [0.5, 0.6) is 0 Å². The summed E-state index contributed by atoms with van der Waals surface area (Å²) < 4.78 is 0. The SMILES string of the molecule is Cc1ccnc(NC(C)C(=O)NC(C)(C)C)c1C#N. The maximum absolute atomic E-state index is 12.0. The van der Waals surface area contributed by atoms with Crippen molar-refractivity contribution < 1.29 is 4.79 Å². The van der Waals surface area contributed by atoms with Gasteiger partial charge in [0, 0.05) is 11.7 Å². The van der Waals surface area contributed by atoms with Crippen LogP contribution in [0.4, 0.5) is 5.82 Å². The first-order chi connectivity index (χ1) is 8.74. The number of pyridine rings is 1. The van der Waals surface area contributed by atoms with Crippen molar-refractivity contribution in [2.24, 2.45) is 0 Å². The molecule has 0 aliphatic carbocycles. The number of amides is 1. The van der Waals surface area contributed by atoms with E-state index in [1.165, 1.54) is 0 Å². The molecular formula is C14H20N4O. The Morgan fingerprint density at radius 3 is 2.63 bits per heavy atom. The van der Waals surface area contributed by atoms with Gasteiger partial charge in [-0.2, -0.15) is 5.26 Å². The highest BCUT2D eigenvalue weighted by Crippen LogP contribution is 2.16. The molecule has 1 rings (SSSR count). The van der Waals surface area contributed by atoms with Gasteiger partial charge in [-0.3, -0.25) is 4.79 Å². The third-order valence-corrected chi connectivity index (χ3v) is 2.52. The number of carbonyl (C=O) groups is 1. The van der Waals surface area contributed by atoms with Crippen LogP contribution in [0.2, 0.25) is 0 Å². The van der Waals surface area contributed by atoms with Gasteiger partial charge >= 0.3 is 0 Å². The molecule has 0 aliphatic rings. The molecule has 1 aromatic rings. The average Bonchev–Trinajstić information content (AvgIpc) is 2.27. The van der Waals surface area contributed by atoms with Gasteiger partial charge in [0.15, 0.2) is 0 Å². The normalized spacial score (nSPS) is 12.4. The van der Waals surface area contributed by atoms with E-state index in [9.17, 15) is 4.79 Å². The topological polar surface area (TPSA) is 77.8 Å². The summed E-state index contributed by atoms with van der Waals surface area (Å²) in [6, 6.07) is 3.41. The fourth-order valence-corrected chi connectivity index (χ4v) is 1.56. The molecule has 5 heteroatoms. The molecule has 19 heavy (non-hydrogen) atoms. The summed E-state index contributed by atoms with van der Waals surface area (Å²) in [4.78, 5) is 16.1. The average molecular weight is 260 g/mol. The number of anilines is 1. The summed E-state index contributed by atoms with van der Waals surface area (Å²) >= 11 is 0. The maximum Gasteiger partial charge on any atom is 0.242 e. The van der Waals surface area contributed by atoms with E-state index >= 15 is 0 Å². The van der Waals surface area contributed by atoms with Crippen molar-refractivity contribution in [1.29, 1.82) is 5.26 Å². The second kappa shape index (κ2) is 5.70. The predicted molar refractivity (Wildman–Crippen MR) is 74.7 cm³/mol. The molecule has 0 spiro atoms. The van der Waals surface area contributed by atoms with Gasteiger partial charge in [0.2, 0.25) is 5.91 Å². The van der Waals surface area contributed by atoms with Crippen LogP contribution in [0.3, 0.4) is 0 Å². The molecule has 0 aliphatic heterocycles. The van der Waals surface area contributed by atoms with Crippen molar-refractivity contribution in [3.05, 3.63) is 23.4 Å². The molecule has 0 fully saturated rings. The Balaban J connectivity index is 2.84. The van der Waals surface area contributed by atoms with Crippen molar-refractivity contribution in [2.75, 3.05) is 5.32 Å². The molecule has 0 radical (unpaired) electrons. The van der Waals surface area contributed by atoms with E-state index in [4.69, 9.17) is 5.26 Å².